The zero-order chi connectivity index (χ0) is 12.3. The number of benzene rings is 1. The predicted molar refractivity (Wildman–Crippen MR) is 69.0 cm³/mol. The van der Waals surface area contributed by atoms with Gasteiger partial charge < -0.3 is 9.73 Å². The highest BCUT2D eigenvalue weighted by molar-refractivity contribution is 9.10. The standard InChI is InChI=1S/C12H9BrClNO2/c13-10-4-2-1-3-8(10)7-15-12(16)9-5-6-17-11(9)14/h1-6H,7H2,(H,15,16). The largest absolute Gasteiger partial charge is 0.452 e. The second kappa shape index (κ2) is 5.38. The molecular weight excluding hydrogens is 305 g/mol. The zero-order valence-electron chi connectivity index (χ0n) is 8.74. The maximum Gasteiger partial charge on any atom is 0.256 e. The molecule has 1 aromatic heterocycles. The average Bonchev–Trinajstić information content (AvgIpc) is 2.74. The van der Waals surface area contributed by atoms with Crippen molar-refractivity contribution in [2.75, 3.05) is 0 Å². The van der Waals surface area contributed by atoms with Crippen LogP contribution in [-0.2, 0) is 6.54 Å². The Morgan fingerprint density at radius 3 is 2.76 bits per heavy atom. The van der Waals surface area contributed by atoms with E-state index in [4.69, 9.17) is 16.0 Å². The monoisotopic (exact) mass is 313 g/mol. The third kappa shape index (κ3) is 2.90. The van der Waals surface area contributed by atoms with Crippen molar-refractivity contribution in [1.29, 1.82) is 0 Å². The molecule has 0 radical (unpaired) electrons. The van der Waals surface area contributed by atoms with Gasteiger partial charge in [-0.1, -0.05) is 34.1 Å². The van der Waals surface area contributed by atoms with Crippen molar-refractivity contribution in [2.45, 2.75) is 6.54 Å². The Morgan fingerprint density at radius 2 is 2.12 bits per heavy atom. The lowest BCUT2D eigenvalue weighted by molar-refractivity contribution is 0.0950. The van der Waals surface area contributed by atoms with Crippen LogP contribution in [0.1, 0.15) is 15.9 Å². The first-order valence-electron chi connectivity index (χ1n) is 4.93. The van der Waals surface area contributed by atoms with Crippen LogP contribution in [0, 0.1) is 0 Å². The van der Waals surface area contributed by atoms with Gasteiger partial charge in [0.25, 0.3) is 5.91 Å². The molecule has 88 valence electrons. The lowest BCUT2D eigenvalue weighted by Crippen LogP contribution is -2.22. The summed E-state index contributed by atoms with van der Waals surface area (Å²) in [5.74, 6) is -0.250. The van der Waals surface area contributed by atoms with E-state index in [-0.39, 0.29) is 11.1 Å². The van der Waals surface area contributed by atoms with Crippen LogP contribution < -0.4 is 5.32 Å². The van der Waals surface area contributed by atoms with Crippen molar-refractivity contribution < 1.29 is 9.21 Å². The molecule has 0 aliphatic carbocycles. The number of nitrogens with one attached hydrogen (secondary N) is 1. The second-order valence-corrected chi connectivity index (χ2v) is 4.58. The van der Waals surface area contributed by atoms with E-state index in [0.29, 0.717) is 12.1 Å². The SMILES string of the molecule is O=C(NCc1ccccc1Br)c1ccoc1Cl. The Balaban J connectivity index is 2.02. The number of rotatable bonds is 3. The topological polar surface area (TPSA) is 42.2 Å². The molecule has 0 aliphatic rings. The molecule has 1 amide bonds. The van der Waals surface area contributed by atoms with Crippen LogP contribution in [0.4, 0.5) is 0 Å². The lowest BCUT2D eigenvalue weighted by Gasteiger charge is -2.05. The van der Waals surface area contributed by atoms with Crippen molar-refractivity contribution in [3.8, 4) is 0 Å². The second-order valence-electron chi connectivity index (χ2n) is 3.38. The summed E-state index contributed by atoms with van der Waals surface area (Å²) in [6.45, 7) is 0.432. The third-order valence-corrected chi connectivity index (χ3v) is 3.33. The van der Waals surface area contributed by atoms with Gasteiger partial charge in [-0.05, 0) is 29.3 Å². The molecule has 0 bridgehead atoms. The fourth-order valence-electron chi connectivity index (χ4n) is 1.37. The van der Waals surface area contributed by atoms with E-state index in [1.54, 1.807) is 0 Å². The van der Waals surface area contributed by atoms with Gasteiger partial charge in [-0.25, -0.2) is 0 Å². The third-order valence-electron chi connectivity index (χ3n) is 2.26. The summed E-state index contributed by atoms with van der Waals surface area (Å²) in [7, 11) is 0. The number of furan rings is 1. The van der Waals surface area contributed by atoms with Crippen molar-refractivity contribution in [3.63, 3.8) is 0 Å². The minimum absolute atomic E-state index is 0.106. The van der Waals surface area contributed by atoms with E-state index in [2.05, 4.69) is 21.2 Å². The minimum atomic E-state index is -0.250. The van der Waals surface area contributed by atoms with Gasteiger partial charge in [0.05, 0.1) is 11.8 Å². The molecule has 0 aliphatic heterocycles. The zero-order valence-corrected chi connectivity index (χ0v) is 11.1. The van der Waals surface area contributed by atoms with Crippen molar-refractivity contribution in [2.24, 2.45) is 0 Å². The molecule has 0 spiro atoms. The Labute approximate surface area is 112 Å². The Morgan fingerprint density at radius 1 is 1.35 bits per heavy atom. The molecule has 0 fully saturated rings. The van der Waals surface area contributed by atoms with Crippen LogP contribution in [0.15, 0.2) is 45.5 Å². The summed E-state index contributed by atoms with van der Waals surface area (Å²) in [5.41, 5.74) is 1.35. The molecular formula is C12H9BrClNO2. The number of carbonyl (C=O) groups excluding carboxylic acids is 1. The molecule has 0 saturated heterocycles. The van der Waals surface area contributed by atoms with Gasteiger partial charge in [0, 0.05) is 11.0 Å². The number of halogens is 2. The Bertz CT molecular complexity index is 539. The number of carbonyl (C=O) groups is 1. The Kier molecular flexibility index (Phi) is 3.86. The molecule has 1 heterocycles. The van der Waals surface area contributed by atoms with Crippen molar-refractivity contribution in [3.05, 3.63) is 57.4 Å². The van der Waals surface area contributed by atoms with Crippen LogP contribution in [0.25, 0.3) is 0 Å². The number of hydrogen-bond donors (Lipinski definition) is 1. The molecule has 2 aromatic rings. The summed E-state index contributed by atoms with van der Waals surface area (Å²) in [6.07, 6.45) is 1.38. The van der Waals surface area contributed by atoms with E-state index < -0.39 is 0 Å². The van der Waals surface area contributed by atoms with Crippen LogP contribution >= 0.6 is 27.5 Å². The van der Waals surface area contributed by atoms with Gasteiger partial charge in [0.1, 0.15) is 0 Å². The van der Waals surface area contributed by atoms with E-state index >= 15 is 0 Å². The maximum atomic E-state index is 11.7. The van der Waals surface area contributed by atoms with Crippen LogP contribution in [0.2, 0.25) is 5.22 Å². The molecule has 2 rings (SSSR count). The van der Waals surface area contributed by atoms with Gasteiger partial charge >= 0.3 is 0 Å². The van der Waals surface area contributed by atoms with Gasteiger partial charge in [0.2, 0.25) is 5.22 Å². The first-order valence-corrected chi connectivity index (χ1v) is 6.10. The highest BCUT2D eigenvalue weighted by atomic mass is 79.9. The summed E-state index contributed by atoms with van der Waals surface area (Å²) < 4.78 is 5.81. The van der Waals surface area contributed by atoms with Crippen molar-refractivity contribution >= 4 is 33.4 Å². The fourth-order valence-corrected chi connectivity index (χ4v) is 1.99. The van der Waals surface area contributed by atoms with Crippen LogP contribution in [-0.4, -0.2) is 5.91 Å². The highest BCUT2D eigenvalue weighted by Gasteiger charge is 2.12. The van der Waals surface area contributed by atoms with Gasteiger partial charge in [-0.3, -0.25) is 4.79 Å². The molecule has 0 unspecified atom stereocenters. The molecule has 0 saturated carbocycles. The smallest absolute Gasteiger partial charge is 0.256 e. The van der Waals surface area contributed by atoms with E-state index in [1.165, 1.54) is 12.3 Å². The van der Waals surface area contributed by atoms with E-state index in [9.17, 15) is 4.79 Å². The minimum Gasteiger partial charge on any atom is -0.452 e. The van der Waals surface area contributed by atoms with Gasteiger partial charge in [-0.2, -0.15) is 0 Å². The summed E-state index contributed by atoms with van der Waals surface area (Å²) in [4.78, 5) is 11.7. The number of amides is 1. The molecule has 3 nitrogen and oxygen atoms in total. The van der Waals surface area contributed by atoms with Crippen LogP contribution in [0.5, 0.6) is 0 Å². The molecule has 5 heteroatoms. The van der Waals surface area contributed by atoms with E-state index in [0.717, 1.165) is 10.0 Å². The quantitative estimate of drug-likeness (QED) is 0.940. The maximum absolute atomic E-state index is 11.7. The summed E-state index contributed by atoms with van der Waals surface area (Å²) in [6, 6.07) is 9.23. The lowest BCUT2D eigenvalue weighted by atomic mass is 10.2. The average molecular weight is 315 g/mol. The van der Waals surface area contributed by atoms with Gasteiger partial charge in [0.15, 0.2) is 0 Å². The van der Waals surface area contributed by atoms with Crippen molar-refractivity contribution in [1.82, 2.24) is 5.32 Å². The Hall–Kier alpha value is -1.26. The van der Waals surface area contributed by atoms with Gasteiger partial charge in [-0.15, -0.1) is 0 Å². The summed E-state index contributed by atoms with van der Waals surface area (Å²) in [5, 5.41) is 2.88. The fraction of sp³-hybridized carbons (Fsp3) is 0.0833. The highest BCUT2D eigenvalue weighted by Crippen LogP contribution is 2.18. The predicted octanol–water partition coefficient (Wildman–Crippen LogP) is 3.63. The molecule has 1 aromatic carbocycles. The summed E-state index contributed by atoms with van der Waals surface area (Å²) >= 11 is 9.12. The molecule has 1 N–H and O–H groups in total. The first-order chi connectivity index (χ1) is 8.18. The number of hydrogen-bond acceptors (Lipinski definition) is 2. The van der Waals surface area contributed by atoms with E-state index in [1.807, 2.05) is 24.3 Å². The normalized spacial score (nSPS) is 10.2. The first kappa shape index (κ1) is 12.2. The van der Waals surface area contributed by atoms with Crippen LogP contribution in [0.3, 0.4) is 0 Å². The molecule has 17 heavy (non-hydrogen) atoms. The molecule has 0 atom stereocenters.